The number of hydrogen-bond acceptors (Lipinski definition) is 5. The number of halogens is 1. The molecule has 0 unspecified atom stereocenters. The van der Waals surface area contributed by atoms with E-state index in [9.17, 15) is 9.59 Å². The molecule has 0 saturated carbocycles. The minimum atomic E-state index is -0.369. The van der Waals surface area contributed by atoms with Crippen molar-refractivity contribution < 1.29 is 14.0 Å². The highest BCUT2D eigenvalue weighted by atomic mass is 35.5. The first kappa shape index (κ1) is 18.7. The Hall–Kier alpha value is -2.61. The van der Waals surface area contributed by atoms with Crippen LogP contribution in [0.4, 0.5) is 10.5 Å². The second kappa shape index (κ2) is 7.98. The van der Waals surface area contributed by atoms with E-state index < -0.39 is 0 Å². The molecule has 0 aliphatic heterocycles. The molecule has 2 aromatic rings. The van der Waals surface area contributed by atoms with E-state index in [0.717, 1.165) is 0 Å². The maximum atomic E-state index is 12.2. The minimum absolute atomic E-state index is 0.00457. The lowest BCUT2D eigenvalue weighted by molar-refractivity contribution is 0.0943. The molecule has 0 saturated heterocycles. The highest BCUT2D eigenvalue weighted by molar-refractivity contribution is 6.34. The topological polar surface area (TPSA) is 100 Å². The van der Waals surface area contributed by atoms with Gasteiger partial charge in [-0.15, -0.1) is 10.2 Å². The van der Waals surface area contributed by atoms with Gasteiger partial charge in [-0.3, -0.25) is 4.79 Å². The second-order valence-corrected chi connectivity index (χ2v) is 6.23. The summed E-state index contributed by atoms with van der Waals surface area (Å²) in [5, 5.41) is 13.3. The summed E-state index contributed by atoms with van der Waals surface area (Å²) in [6.45, 7) is 5.58. The summed E-state index contributed by atoms with van der Waals surface area (Å²) >= 11 is 6.14. The van der Waals surface area contributed by atoms with Crippen LogP contribution in [0.2, 0.25) is 5.02 Å². The molecular formula is C16H20ClN5O3. The number of benzene rings is 1. The molecule has 0 radical (unpaired) electrons. The van der Waals surface area contributed by atoms with Crippen molar-refractivity contribution in [3.05, 3.63) is 40.6 Å². The van der Waals surface area contributed by atoms with Crippen molar-refractivity contribution in [2.24, 2.45) is 0 Å². The molecular weight excluding hydrogens is 346 g/mol. The molecule has 3 amide bonds. The van der Waals surface area contributed by atoms with Crippen molar-refractivity contribution in [2.75, 3.05) is 12.4 Å². The van der Waals surface area contributed by atoms with E-state index in [2.05, 4.69) is 20.8 Å². The standard InChI is InChI=1S/C16H20ClN5O3/c1-9(2)18-15(23)12-6-5-11(7-13(12)17)19-16(24)22(4)8-14-21-20-10(3)25-14/h5-7,9H,8H2,1-4H3,(H,18,23)(H,19,24). The van der Waals surface area contributed by atoms with Gasteiger partial charge in [-0.25, -0.2) is 4.79 Å². The van der Waals surface area contributed by atoms with Gasteiger partial charge in [0.05, 0.1) is 10.6 Å². The van der Waals surface area contributed by atoms with E-state index in [-0.39, 0.29) is 29.5 Å². The van der Waals surface area contributed by atoms with Gasteiger partial charge in [0, 0.05) is 25.7 Å². The van der Waals surface area contributed by atoms with Crippen LogP contribution < -0.4 is 10.6 Å². The highest BCUT2D eigenvalue weighted by Crippen LogP contribution is 2.21. The SMILES string of the molecule is Cc1nnc(CN(C)C(=O)Nc2ccc(C(=O)NC(C)C)c(Cl)c2)o1. The molecule has 8 nitrogen and oxygen atoms in total. The van der Waals surface area contributed by atoms with Crippen LogP contribution >= 0.6 is 11.6 Å². The zero-order valence-corrected chi connectivity index (χ0v) is 15.2. The van der Waals surface area contributed by atoms with E-state index in [1.165, 1.54) is 11.0 Å². The zero-order chi connectivity index (χ0) is 18.6. The smallest absolute Gasteiger partial charge is 0.322 e. The quantitative estimate of drug-likeness (QED) is 0.848. The fourth-order valence-corrected chi connectivity index (χ4v) is 2.28. The molecule has 2 rings (SSSR count). The van der Waals surface area contributed by atoms with Crippen molar-refractivity contribution in [1.29, 1.82) is 0 Å². The van der Waals surface area contributed by atoms with Crippen molar-refractivity contribution in [3.63, 3.8) is 0 Å². The number of urea groups is 1. The van der Waals surface area contributed by atoms with Gasteiger partial charge in [-0.2, -0.15) is 0 Å². The normalized spacial score (nSPS) is 10.6. The largest absolute Gasteiger partial charge is 0.424 e. The zero-order valence-electron chi connectivity index (χ0n) is 14.5. The monoisotopic (exact) mass is 365 g/mol. The Bertz CT molecular complexity index is 775. The molecule has 0 atom stereocenters. The number of nitrogens with zero attached hydrogens (tertiary/aromatic N) is 3. The predicted octanol–water partition coefficient (Wildman–Crippen LogP) is 2.83. The average Bonchev–Trinajstić information content (AvgIpc) is 2.91. The molecule has 1 heterocycles. The molecule has 0 bridgehead atoms. The molecule has 0 fully saturated rings. The van der Waals surface area contributed by atoms with Crippen molar-refractivity contribution >= 4 is 29.2 Å². The minimum Gasteiger partial charge on any atom is -0.424 e. The Morgan fingerprint density at radius 3 is 2.60 bits per heavy atom. The Labute approximate surface area is 150 Å². The van der Waals surface area contributed by atoms with Gasteiger partial charge in [0.15, 0.2) is 0 Å². The van der Waals surface area contributed by atoms with Gasteiger partial charge in [0.25, 0.3) is 5.91 Å². The van der Waals surface area contributed by atoms with Gasteiger partial charge >= 0.3 is 6.03 Å². The van der Waals surface area contributed by atoms with Crippen LogP contribution in [0, 0.1) is 6.92 Å². The van der Waals surface area contributed by atoms with Gasteiger partial charge in [-0.05, 0) is 32.0 Å². The Morgan fingerprint density at radius 2 is 2.04 bits per heavy atom. The van der Waals surface area contributed by atoms with E-state index in [0.29, 0.717) is 23.0 Å². The number of carbonyl (C=O) groups is 2. The van der Waals surface area contributed by atoms with E-state index in [4.69, 9.17) is 16.0 Å². The number of aromatic nitrogens is 2. The van der Waals surface area contributed by atoms with Gasteiger partial charge in [-0.1, -0.05) is 11.6 Å². The first-order chi connectivity index (χ1) is 11.8. The summed E-state index contributed by atoms with van der Waals surface area (Å²) in [5.41, 5.74) is 0.827. The third kappa shape index (κ3) is 5.18. The first-order valence-corrected chi connectivity index (χ1v) is 8.05. The number of aryl methyl sites for hydroxylation is 1. The number of hydrogen-bond donors (Lipinski definition) is 2. The number of amides is 3. The van der Waals surface area contributed by atoms with Crippen LogP contribution in [0.5, 0.6) is 0 Å². The highest BCUT2D eigenvalue weighted by Gasteiger charge is 2.15. The van der Waals surface area contributed by atoms with Crippen molar-refractivity contribution in [2.45, 2.75) is 33.4 Å². The van der Waals surface area contributed by atoms with Crippen molar-refractivity contribution in [1.82, 2.24) is 20.4 Å². The molecule has 0 spiro atoms. The number of anilines is 1. The van der Waals surface area contributed by atoms with Gasteiger partial charge in [0.2, 0.25) is 11.8 Å². The van der Waals surface area contributed by atoms with Gasteiger partial charge < -0.3 is 20.0 Å². The molecule has 0 aliphatic carbocycles. The Morgan fingerprint density at radius 1 is 1.32 bits per heavy atom. The number of rotatable bonds is 5. The van der Waals surface area contributed by atoms with E-state index in [1.54, 1.807) is 26.1 Å². The van der Waals surface area contributed by atoms with Gasteiger partial charge in [0.1, 0.15) is 6.54 Å². The predicted molar refractivity (Wildman–Crippen MR) is 93.6 cm³/mol. The lowest BCUT2D eigenvalue weighted by atomic mass is 10.2. The molecule has 0 aliphatic rings. The molecule has 9 heteroatoms. The first-order valence-electron chi connectivity index (χ1n) is 7.67. The third-order valence-electron chi connectivity index (χ3n) is 3.17. The fourth-order valence-electron chi connectivity index (χ4n) is 2.01. The second-order valence-electron chi connectivity index (χ2n) is 5.82. The van der Waals surface area contributed by atoms with Crippen LogP contribution in [-0.2, 0) is 6.54 Å². The maximum Gasteiger partial charge on any atom is 0.322 e. The summed E-state index contributed by atoms with van der Waals surface area (Å²) < 4.78 is 5.24. The Balaban J connectivity index is 2.00. The van der Waals surface area contributed by atoms with E-state index in [1.807, 2.05) is 13.8 Å². The average molecular weight is 366 g/mol. The van der Waals surface area contributed by atoms with Crippen LogP contribution in [0.1, 0.15) is 36.0 Å². The molecule has 134 valence electrons. The van der Waals surface area contributed by atoms with Crippen molar-refractivity contribution in [3.8, 4) is 0 Å². The maximum absolute atomic E-state index is 12.2. The van der Waals surface area contributed by atoms with Crippen LogP contribution in [0.15, 0.2) is 22.6 Å². The molecule has 1 aromatic heterocycles. The Kier molecular flexibility index (Phi) is 5.97. The van der Waals surface area contributed by atoms with Crippen LogP contribution in [0.25, 0.3) is 0 Å². The van der Waals surface area contributed by atoms with Crippen LogP contribution in [0.3, 0.4) is 0 Å². The van der Waals surface area contributed by atoms with Crippen LogP contribution in [-0.4, -0.2) is 40.1 Å². The van der Waals surface area contributed by atoms with E-state index >= 15 is 0 Å². The number of nitrogens with one attached hydrogen (secondary N) is 2. The molecule has 1 aromatic carbocycles. The summed E-state index contributed by atoms with van der Waals surface area (Å²) in [6, 6.07) is 4.34. The summed E-state index contributed by atoms with van der Waals surface area (Å²) in [4.78, 5) is 25.6. The molecule has 25 heavy (non-hydrogen) atoms. The summed E-state index contributed by atoms with van der Waals surface area (Å²) in [7, 11) is 1.60. The molecule has 2 N–H and O–H groups in total. The summed E-state index contributed by atoms with van der Waals surface area (Å²) in [6.07, 6.45) is 0. The lowest BCUT2D eigenvalue weighted by Gasteiger charge is -2.16. The summed E-state index contributed by atoms with van der Waals surface area (Å²) in [5.74, 6) is 0.515. The lowest BCUT2D eigenvalue weighted by Crippen LogP contribution is -2.31. The fraction of sp³-hybridized carbons (Fsp3) is 0.375. The third-order valence-corrected chi connectivity index (χ3v) is 3.48. The number of carbonyl (C=O) groups excluding carboxylic acids is 2.